The minimum Gasteiger partial charge on any atom is -0.456 e. The number of benzene rings is 1. The van der Waals surface area contributed by atoms with Gasteiger partial charge in [-0.05, 0) is 46.3 Å². The predicted molar refractivity (Wildman–Crippen MR) is 67.5 cm³/mol. The van der Waals surface area contributed by atoms with Crippen LogP contribution in [0.5, 0.6) is 0 Å². The van der Waals surface area contributed by atoms with Crippen molar-refractivity contribution < 1.29 is 13.9 Å². The van der Waals surface area contributed by atoms with E-state index in [1.807, 2.05) is 6.07 Å². The summed E-state index contributed by atoms with van der Waals surface area (Å²) < 4.78 is 18.3. The summed E-state index contributed by atoms with van der Waals surface area (Å²) in [5.74, 6) is -0.935. The van der Waals surface area contributed by atoms with Crippen molar-refractivity contribution in [2.45, 2.75) is 6.61 Å². The monoisotopic (exact) mass is 309 g/mol. The van der Waals surface area contributed by atoms with Crippen molar-refractivity contribution in [3.05, 3.63) is 64.1 Å². The molecule has 2 aromatic rings. The van der Waals surface area contributed by atoms with Crippen LogP contribution >= 0.6 is 15.9 Å². The molecule has 0 bridgehead atoms. The average molecular weight is 310 g/mol. The molecule has 0 unspecified atom stereocenters. The molecule has 3 nitrogen and oxygen atoms in total. The lowest BCUT2D eigenvalue weighted by Crippen LogP contribution is -2.07. The fourth-order valence-electron chi connectivity index (χ4n) is 1.36. The molecule has 0 fully saturated rings. The Labute approximate surface area is 112 Å². The number of hydrogen-bond acceptors (Lipinski definition) is 3. The zero-order valence-corrected chi connectivity index (χ0v) is 10.9. The number of rotatable bonds is 3. The van der Waals surface area contributed by atoms with Gasteiger partial charge in [0.1, 0.15) is 12.4 Å². The van der Waals surface area contributed by atoms with Crippen molar-refractivity contribution in [3.8, 4) is 0 Å². The minimum atomic E-state index is -0.521. The van der Waals surface area contributed by atoms with Gasteiger partial charge >= 0.3 is 5.97 Å². The molecular formula is C13H9BrFNO2. The Hall–Kier alpha value is -1.75. The van der Waals surface area contributed by atoms with Gasteiger partial charge in [0.25, 0.3) is 0 Å². The molecule has 0 N–H and O–H groups in total. The van der Waals surface area contributed by atoms with Crippen LogP contribution in [-0.4, -0.2) is 11.0 Å². The van der Waals surface area contributed by atoms with E-state index in [4.69, 9.17) is 4.74 Å². The molecule has 1 aromatic carbocycles. The second kappa shape index (κ2) is 5.73. The van der Waals surface area contributed by atoms with Crippen LogP contribution in [0.3, 0.4) is 0 Å². The summed E-state index contributed by atoms with van der Waals surface area (Å²) in [5.41, 5.74) is 0.941. The lowest BCUT2D eigenvalue weighted by molar-refractivity contribution is 0.0466. The van der Waals surface area contributed by atoms with Gasteiger partial charge in [-0.1, -0.05) is 6.07 Å². The highest BCUT2D eigenvalue weighted by atomic mass is 79.9. The van der Waals surface area contributed by atoms with E-state index in [2.05, 4.69) is 20.9 Å². The highest BCUT2D eigenvalue weighted by molar-refractivity contribution is 9.10. The molecule has 0 aliphatic heterocycles. The van der Waals surface area contributed by atoms with Crippen molar-refractivity contribution in [1.82, 2.24) is 4.98 Å². The first-order valence-corrected chi connectivity index (χ1v) is 5.98. The van der Waals surface area contributed by atoms with E-state index in [0.29, 0.717) is 10.2 Å². The Balaban J connectivity index is 2.04. The normalized spacial score (nSPS) is 10.1. The van der Waals surface area contributed by atoms with Crippen LogP contribution in [-0.2, 0) is 11.3 Å². The van der Waals surface area contributed by atoms with E-state index in [0.717, 1.165) is 0 Å². The number of esters is 1. The van der Waals surface area contributed by atoms with Crippen LogP contribution < -0.4 is 0 Å². The smallest absolute Gasteiger partial charge is 0.339 e. The van der Waals surface area contributed by atoms with Crippen molar-refractivity contribution in [2.24, 2.45) is 0 Å². The van der Waals surface area contributed by atoms with Gasteiger partial charge in [-0.3, -0.25) is 4.98 Å². The minimum absolute atomic E-state index is 0.0868. The summed E-state index contributed by atoms with van der Waals surface area (Å²) >= 11 is 3.12. The third kappa shape index (κ3) is 3.13. The van der Waals surface area contributed by atoms with Gasteiger partial charge in [0.15, 0.2) is 0 Å². The third-order valence-corrected chi connectivity index (χ3v) is 2.88. The van der Waals surface area contributed by atoms with Crippen LogP contribution in [0.15, 0.2) is 47.1 Å². The van der Waals surface area contributed by atoms with E-state index in [1.54, 1.807) is 18.3 Å². The van der Waals surface area contributed by atoms with Gasteiger partial charge in [-0.2, -0.15) is 0 Å². The molecule has 18 heavy (non-hydrogen) atoms. The maximum atomic E-state index is 12.9. The molecule has 0 spiro atoms. The molecule has 0 amide bonds. The Morgan fingerprint density at radius 1 is 1.33 bits per heavy atom. The highest BCUT2D eigenvalue weighted by Gasteiger charge is 2.12. The number of carbonyl (C=O) groups is 1. The zero-order chi connectivity index (χ0) is 13.0. The first-order chi connectivity index (χ1) is 8.66. The van der Waals surface area contributed by atoms with Crippen molar-refractivity contribution in [2.75, 3.05) is 0 Å². The van der Waals surface area contributed by atoms with Crippen molar-refractivity contribution >= 4 is 21.9 Å². The van der Waals surface area contributed by atoms with Gasteiger partial charge in [0.2, 0.25) is 0 Å². The summed E-state index contributed by atoms with van der Waals surface area (Å²) in [6.07, 6.45) is 1.62. The molecule has 1 aromatic heterocycles. The van der Waals surface area contributed by atoms with Crippen LogP contribution in [0.1, 0.15) is 16.1 Å². The quantitative estimate of drug-likeness (QED) is 0.816. The van der Waals surface area contributed by atoms with Gasteiger partial charge in [0, 0.05) is 10.7 Å². The van der Waals surface area contributed by atoms with E-state index in [-0.39, 0.29) is 12.2 Å². The molecule has 0 radical (unpaired) electrons. The maximum Gasteiger partial charge on any atom is 0.339 e. The summed E-state index contributed by atoms with van der Waals surface area (Å²) in [6.45, 7) is 0.0868. The Morgan fingerprint density at radius 2 is 2.17 bits per heavy atom. The number of halogens is 2. The molecule has 0 saturated heterocycles. The lowest BCUT2D eigenvalue weighted by atomic mass is 10.2. The van der Waals surface area contributed by atoms with Crippen molar-refractivity contribution in [1.29, 1.82) is 0 Å². The summed E-state index contributed by atoms with van der Waals surface area (Å²) in [6, 6.07) is 9.15. The number of nitrogens with zero attached hydrogens (tertiary/aromatic N) is 1. The Morgan fingerprint density at radius 3 is 2.83 bits per heavy atom. The van der Waals surface area contributed by atoms with Crippen LogP contribution in [0, 0.1) is 5.82 Å². The topological polar surface area (TPSA) is 39.2 Å². The Kier molecular flexibility index (Phi) is 4.04. The maximum absolute atomic E-state index is 12.9. The van der Waals surface area contributed by atoms with E-state index < -0.39 is 11.8 Å². The number of aromatic nitrogens is 1. The van der Waals surface area contributed by atoms with Crippen LogP contribution in [0.2, 0.25) is 0 Å². The summed E-state index contributed by atoms with van der Waals surface area (Å²) in [5, 5.41) is 0. The van der Waals surface area contributed by atoms with Gasteiger partial charge in [-0.15, -0.1) is 0 Å². The molecule has 5 heteroatoms. The molecule has 0 saturated carbocycles. The third-order valence-electron chi connectivity index (χ3n) is 2.23. The summed E-state index contributed by atoms with van der Waals surface area (Å²) in [7, 11) is 0. The SMILES string of the molecule is O=C(OCc1ccccn1)c1ccc(F)cc1Br. The van der Waals surface area contributed by atoms with Gasteiger partial charge in [0.05, 0.1) is 11.3 Å². The predicted octanol–water partition coefficient (Wildman–Crippen LogP) is 3.34. The van der Waals surface area contributed by atoms with E-state index >= 15 is 0 Å². The van der Waals surface area contributed by atoms with Crippen LogP contribution in [0.4, 0.5) is 4.39 Å². The fraction of sp³-hybridized carbons (Fsp3) is 0.0769. The number of ether oxygens (including phenoxy) is 1. The molecule has 0 aliphatic carbocycles. The number of carbonyl (C=O) groups excluding carboxylic acids is 1. The van der Waals surface area contributed by atoms with Gasteiger partial charge in [-0.25, -0.2) is 9.18 Å². The largest absolute Gasteiger partial charge is 0.456 e. The lowest BCUT2D eigenvalue weighted by Gasteiger charge is -2.05. The van der Waals surface area contributed by atoms with Crippen LogP contribution in [0.25, 0.3) is 0 Å². The standard InChI is InChI=1S/C13H9BrFNO2/c14-12-7-9(15)4-5-11(12)13(17)18-8-10-3-1-2-6-16-10/h1-7H,8H2. The fourth-order valence-corrected chi connectivity index (χ4v) is 1.87. The van der Waals surface area contributed by atoms with Crippen molar-refractivity contribution in [3.63, 3.8) is 0 Å². The first kappa shape index (κ1) is 12.7. The van der Waals surface area contributed by atoms with E-state index in [9.17, 15) is 9.18 Å². The van der Waals surface area contributed by atoms with E-state index in [1.165, 1.54) is 18.2 Å². The summed E-state index contributed by atoms with van der Waals surface area (Å²) in [4.78, 5) is 15.8. The second-order valence-corrected chi connectivity index (χ2v) is 4.38. The Bertz CT molecular complexity index is 560. The average Bonchev–Trinajstić information content (AvgIpc) is 2.37. The zero-order valence-electron chi connectivity index (χ0n) is 9.27. The molecule has 0 atom stereocenters. The molecule has 0 aliphatic rings. The molecule has 2 rings (SSSR count). The van der Waals surface area contributed by atoms with Gasteiger partial charge < -0.3 is 4.74 Å². The number of pyridine rings is 1. The first-order valence-electron chi connectivity index (χ1n) is 5.19. The highest BCUT2D eigenvalue weighted by Crippen LogP contribution is 2.19. The molecule has 92 valence electrons. The molecule has 1 heterocycles. The molecular weight excluding hydrogens is 301 g/mol. The number of hydrogen-bond donors (Lipinski definition) is 0. The second-order valence-electron chi connectivity index (χ2n) is 3.52.